The molecule has 5 nitrogen and oxygen atoms in total. The maximum absolute atomic E-state index is 13.0. The first kappa shape index (κ1) is 20.3. The maximum Gasteiger partial charge on any atom is 0.195 e. The number of nitrogens with zero attached hydrogens (tertiary/aromatic N) is 1. The van der Waals surface area contributed by atoms with E-state index in [-0.39, 0.29) is 28.7 Å². The number of likely N-dealkylation sites (tertiary alicyclic amines) is 1. The predicted molar refractivity (Wildman–Crippen MR) is 112 cm³/mol. The van der Waals surface area contributed by atoms with E-state index in [0.717, 1.165) is 38.9 Å². The summed E-state index contributed by atoms with van der Waals surface area (Å²) in [6.07, 6.45) is 4.49. The largest absolute Gasteiger partial charge is 0.508 e. The van der Waals surface area contributed by atoms with Crippen LogP contribution in [0.3, 0.4) is 0 Å². The van der Waals surface area contributed by atoms with Crippen LogP contribution in [0.4, 0.5) is 4.39 Å². The molecule has 0 spiro atoms. The number of aryl methyl sites for hydroxylation is 1. The number of carbonyl (C=O) groups is 1. The number of hydrogen-bond donors (Lipinski definition) is 1. The highest BCUT2D eigenvalue weighted by molar-refractivity contribution is 5.97. The maximum atomic E-state index is 13.0. The van der Waals surface area contributed by atoms with E-state index in [0.29, 0.717) is 28.5 Å². The average molecular weight is 409 g/mol. The third-order valence-corrected chi connectivity index (χ3v) is 5.84. The van der Waals surface area contributed by atoms with Gasteiger partial charge in [-0.15, -0.1) is 0 Å². The Bertz CT molecular complexity index is 1100. The summed E-state index contributed by atoms with van der Waals surface area (Å²) in [5.74, 6) is -0.220. The SMILES string of the molecule is O=C(c1ccc(F)cc1)C1CCN(CCCc2coc3ccc(O)cc3c2=O)CC1. The van der Waals surface area contributed by atoms with Crippen LogP contribution in [0.2, 0.25) is 0 Å². The average Bonchev–Trinajstić information content (AvgIpc) is 2.76. The molecule has 6 heteroatoms. The molecular weight excluding hydrogens is 385 g/mol. The minimum atomic E-state index is -0.335. The van der Waals surface area contributed by atoms with Gasteiger partial charge in [0.15, 0.2) is 11.2 Å². The second-order valence-electron chi connectivity index (χ2n) is 7.86. The highest BCUT2D eigenvalue weighted by atomic mass is 19.1. The van der Waals surface area contributed by atoms with Crippen LogP contribution in [0, 0.1) is 11.7 Å². The number of Topliss-reactive ketones (excluding diaryl/α,β-unsaturated/α-hetero) is 1. The van der Waals surface area contributed by atoms with E-state index in [9.17, 15) is 19.1 Å². The number of aromatic hydroxyl groups is 1. The van der Waals surface area contributed by atoms with Gasteiger partial charge in [-0.25, -0.2) is 4.39 Å². The normalized spacial score (nSPS) is 15.5. The number of rotatable bonds is 6. The molecule has 0 unspecified atom stereocenters. The second-order valence-corrected chi connectivity index (χ2v) is 7.86. The first-order valence-electron chi connectivity index (χ1n) is 10.3. The molecule has 1 aliphatic heterocycles. The van der Waals surface area contributed by atoms with Crippen molar-refractivity contribution < 1.29 is 18.7 Å². The van der Waals surface area contributed by atoms with E-state index in [1.54, 1.807) is 18.2 Å². The molecule has 0 aliphatic carbocycles. The summed E-state index contributed by atoms with van der Waals surface area (Å²) in [6, 6.07) is 10.3. The van der Waals surface area contributed by atoms with Gasteiger partial charge in [0.05, 0.1) is 11.6 Å². The Morgan fingerprint density at radius 1 is 1.13 bits per heavy atom. The Morgan fingerprint density at radius 3 is 2.60 bits per heavy atom. The molecule has 4 rings (SSSR count). The van der Waals surface area contributed by atoms with Crippen LogP contribution in [0.15, 0.2) is 57.9 Å². The summed E-state index contributed by atoms with van der Waals surface area (Å²) < 4.78 is 18.6. The minimum Gasteiger partial charge on any atom is -0.508 e. The van der Waals surface area contributed by atoms with Gasteiger partial charge >= 0.3 is 0 Å². The lowest BCUT2D eigenvalue weighted by molar-refractivity contribution is 0.0839. The smallest absolute Gasteiger partial charge is 0.195 e. The Balaban J connectivity index is 1.29. The number of piperidine rings is 1. The molecule has 30 heavy (non-hydrogen) atoms. The van der Waals surface area contributed by atoms with Crippen LogP contribution in [0.5, 0.6) is 5.75 Å². The van der Waals surface area contributed by atoms with Crippen molar-refractivity contribution in [3.05, 3.63) is 75.9 Å². The number of phenols is 1. The molecule has 1 N–H and O–H groups in total. The third kappa shape index (κ3) is 4.44. The molecule has 1 fully saturated rings. The van der Waals surface area contributed by atoms with E-state index in [1.807, 2.05) is 0 Å². The van der Waals surface area contributed by atoms with Gasteiger partial charge in [-0.1, -0.05) is 0 Å². The molecule has 1 saturated heterocycles. The Kier molecular flexibility index (Phi) is 5.95. The van der Waals surface area contributed by atoms with Crippen molar-refractivity contribution in [3.8, 4) is 5.75 Å². The molecule has 156 valence electrons. The quantitative estimate of drug-likeness (QED) is 0.619. The van der Waals surface area contributed by atoms with Crippen LogP contribution in [0.25, 0.3) is 11.0 Å². The zero-order valence-corrected chi connectivity index (χ0v) is 16.6. The summed E-state index contributed by atoms with van der Waals surface area (Å²) in [7, 11) is 0. The molecule has 2 heterocycles. The first-order valence-corrected chi connectivity index (χ1v) is 10.3. The van der Waals surface area contributed by atoms with Gasteiger partial charge < -0.3 is 14.4 Å². The number of phenolic OH excluding ortho intramolecular Hbond substituents is 1. The van der Waals surface area contributed by atoms with Crippen molar-refractivity contribution in [3.63, 3.8) is 0 Å². The molecule has 1 aliphatic rings. The summed E-state index contributed by atoms with van der Waals surface area (Å²) in [6.45, 7) is 2.50. The zero-order chi connectivity index (χ0) is 21.1. The Labute approximate surface area is 173 Å². The predicted octanol–water partition coefficient (Wildman–Crippen LogP) is 4.17. The molecule has 2 aromatic carbocycles. The number of hydrogen-bond acceptors (Lipinski definition) is 5. The van der Waals surface area contributed by atoms with Crippen molar-refractivity contribution in [1.82, 2.24) is 4.90 Å². The van der Waals surface area contributed by atoms with Crippen LogP contribution >= 0.6 is 0 Å². The van der Waals surface area contributed by atoms with Crippen molar-refractivity contribution in [2.24, 2.45) is 5.92 Å². The van der Waals surface area contributed by atoms with E-state index in [2.05, 4.69) is 4.90 Å². The fourth-order valence-corrected chi connectivity index (χ4v) is 4.09. The zero-order valence-electron chi connectivity index (χ0n) is 16.6. The van der Waals surface area contributed by atoms with E-state index < -0.39 is 0 Å². The fourth-order valence-electron chi connectivity index (χ4n) is 4.09. The Hall–Kier alpha value is -2.99. The first-order chi connectivity index (χ1) is 14.5. The summed E-state index contributed by atoms with van der Waals surface area (Å²) in [5, 5.41) is 10.0. The molecule has 0 bridgehead atoms. The van der Waals surface area contributed by atoms with Crippen molar-refractivity contribution in [2.75, 3.05) is 19.6 Å². The number of fused-ring (bicyclic) bond motifs is 1. The lowest BCUT2D eigenvalue weighted by Crippen LogP contribution is -2.37. The van der Waals surface area contributed by atoms with Crippen molar-refractivity contribution >= 4 is 16.8 Å². The lowest BCUT2D eigenvalue weighted by atomic mass is 9.89. The van der Waals surface area contributed by atoms with E-state index in [1.165, 1.54) is 30.5 Å². The van der Waals surface area contributed by atoms with Crippen LogP contribution in [-0.2, 0) is 6.42 Å². The molecule has 0 radical (unpaired) electrons. The third-order valence-electron chi connectivity index (χ3n) is 5.84. The summed E-state index contributed by atoms with van der Waals surface area (Å²) in [4.78, 5) is 27.5. The van der Waals surface area contributed by atoms with Gasteiger partial charge in [0, 0.05) is 17.0 Å². The number of carbonyl (C=O) groups excluding carboxylic acids is 1. The fraction of sp³-hybridized carbons (Fsp3) is 0.333. The molecule has 1 aromatic heterocycles. The van der Waals surface area contributed by atoms with Gasteiger partial charge in [0.1, 0.15) is 17.1 Å². The van der Waals surface area contributed by atoms with Crippen molar-refractivity contribution in [2.45, 2.75) is 25.7 Å². The number of halogens is 1. The highest BCUT2D eigenvalue weighted by Crippen LogP contribution is 2.23. The van der Waals surface area contributed by atoms with Gasteiger partial charge in [-0.2, -0.15) is 0 Å². The second kappa shape index (κ2) is 8.79. The highest BCUT2D eigenvalue weighted by Gasteiger charge is 2.25. The molecule has 0 atom stereocenters. The van der Waals surface area contributed by atoms with Gasteiger partial charge in [0.2, 0.25) is 0 Å². The number of ketones is 1. The van der Waals surface area contributed by atoms with E-state index in [4.69, 9.17) is 4.42 Å². The van der Waals surface area contributed by atoms with Crippen LogP contribution in [-0.4, -0.2) is 35.4 Å². The Morgan fingerprint density at radius 2 is 1.87 bits per heavy atom. The van der Waals surface area contributed by atoms with Gasteiger partial charge in [0.25, 0.3) is 0 Å². The van der Waals surface area contributed by atoms with E-state index >= 15 is 0 Å². The molecular formula is C24H24FNO4. The molecule has 3 aromatic rings. The summed E-state index contributed by atoms with van der Waals surface area (Å²) in [5.41, 5.74) is 1.54. The monoisotopic (exact) mass is 409 g/mol. The minimum absolute atomic E-state index is 0.0214. The molecule has 0 saturated carbocycles. The number of benzene rings is 2. The van der Waals surface area contributed by atoms with Gasteiger partial charge in [-0.05, 0) is 87.8 Å². The van der Waals surface area contributed by atoms with Gasteiger partial charge in [-0.3, -0.25) is 9.59 Å². The summed E-state index contributed by atoms with van der Waals surface area (Å²) >= 11 is 0. The standard InChI is InChI=1S/C24H24FNO4/c25-19-5-3-16(4-6-19)23(28)17-9-12-26(13-10-17)11-1-2-18-15-30-22-8-7-20(27)14-21(22)24(18)29/h3-8,14-15,17,27H,1-2,9-13H2. The van der Waals surface area contributed by atoms with Crippen LogP contribution in [0.1, 0.15) is 35.2 Å². The van der Waals surface area contributed by atoms with Crippen LogP contribution < -0.4 is 5.43 Å². The lowest BCUT2D eigenvalue weighted by Gasteiger charge is -2.31. The molecule has 0 amide bonds. The topological polar surface area (TPSA) is 70.8 Å². The van der Waals surface area contributed by atoms with Crippen molar-refractivity contribution in [1.29, 1.82) is 0 Å².